The molecule has 1 heterocycles. The SMILES string of the molecule is CCC1COCCN1CC(NC)c1cc(C)cc(C)c1. The highest BCUT2D eigenvalue weighted by molar-refractivity contribution is 5.30. The van der Waals surface area contributed by atoms with Crippen molar-refractivity contribution in [3.05, 3.63) is 34.9 Å². The van der Waals surface area contributed by atoms with Gasteiger partial charge in [-0.3, -0.25) is 4.90 Å². The zero-order valence-corrected chi connectivity index (χ0v) is 13.3. The van der Waals surface area contributed by atoms with Gasteiger partial charge in [0.2, 0.25) is 0 Å². The lowest BCUT2D eigenvalue weighted by molar-refractivity contribution is -0.0124. The fourth-order valence-corrected chi connectivity index (χ4v) is 3.11. The molecule has 1 fully saturated rings. The maximum Gasteiger partial charge on any atom is 0.0622 e. The van der Waals surface area contributed by atoms with Crippen LogP contribution in [0.1, 0.15) is 36.1 Å². The Labute approximate surface area is 123 Å². The molecule has 0 bridgehead atoms. The highest BCUT2D eigenvalue weighted by Gasteiger charge is 2.24. The second kappa shape index (κ2) is 7.21. The second-order valence-corrected chi connectivity index (χ2v) is 5.89. The molecule has 1 saturated heterocycles. The van der Waals surface area contributed by atoms with E-state index in [-0.39, 0.29) is 0 Å². The molecule has 2 rings (SSSR count). The number of nitrogens with one attached hydrogen (secondary N) is 1. The Balaban J connectivity index is 2.11. The van der Waals surface area contributed by atoms with E-state index in [2.05, 4.69) is 56.2 Å². The highest BCUT2D eigenvalue weighted by atomic mass is 16.5. The van der Waals surface area contributed by atoms with Crippen molar-refractivity contribution in [3.63, 3.8) is 0 Å². The predicted molar refractivity (Wildman–Crippen MR) is 84.2 cm³/mol. The molecule has 1 aromatic rings. The molecular weight excluding hydrogens is 248 g/mol. The molecule has 20 heavy (non-hydrogen) atoms. The lowest BCUT2D eigenvalue weighted by Gasteiger charge is -2.37. The van der Waals surface area contributed by atoms with E-state index in [0.29, 0.717) is 12.1 Å². The van der Waals surface area contributed by atoms with Crippen LogP contribution in [0.5, 0.6) is 0 Å². The van der Waals surface area contributed by atoms with Crippen LogP contribution in [-0.4, -0.2) is 44.3 Å². The summed E-state index contributed by atoms with van der Waals surface area (Å²) in [6.45, 7) is 10.4. The zero-order valence-electron chi connectivity index (χ0n) is 13.3. The first-order chi connectivity index (χ1) is 9.63. The van der Waals surface area contributed by atoms with E-state index in [9.17, 15) is 0 Å². The van der Waals surface area contributed by atoms with Crippen LogP contribution in [0, 0.1) is 13.8 Å². The first-order valence-corrected chi connectivity index (χ1v) is 7.71. The van der Waals surface area contributed by atoms with Gasteiger partial charge in [0, 0.05) is 25.2 Å². The Hall–Kier alpha value is -0.900. The molecule has 0 aromatic heterocycles. The van der Waals surface area contributed by atoms with E-state index in [0.717, 1.165) is 32.7 Å². The lowest BCUT2D eigenvalue weighted by Crippen LogP contribution is -2.48. The summed E-state index contributed by atoms with van der Waals surface area (Å²) in [6, 6.07) is 7.79. The van der Waals surface area contributed by atoms with Crippen LogP contribution in [0.2, 0.25) is 0 Å². The number of hydrogen-bond donors (Lipinski definition) is 1. The van der Waals surface area contributed by atoms with E-state index in [1.165, 1.54) is 16.7 Å². The summed E-state index contributed by atoms with van der Waals surface area (Å²) in [5.41, 5.74) is 4.08. The van der Waals surface area contributed by atoms with Crippen molar-refractivity contribution in [3.8, 4) is 0 Å². The quantitative estimate of drug-likeness (QED) is 0.895. The smallest absolute Gasteiger partial charge is 0.0622 e. The fourth-order valence-electron chi connectivity index (χ4n) is 3.11. The van der Waals surface area contributed by atoms with Gasteiger partial charge >= 0.3 is 0 Å². The normalized spacial score (nSPS) is 21.9. The topological polar surface area (TPSA) is 24.5 Å². The maximum absolute atomic E-state index is 5.60. The van der Waals surface area contributed by atoms with E-state index in [4.69, 9.17) is 4.74 Å². The van der Waals surface area contributed by atoms with E-state index < -0.39 is 0 Å². The van der Waals surface area contributed by atoms with Gasteiger partial charge in [-0.05, 0) is 32.9 Å². The number of benzene rings is 1. The molecule has 0 saturated carbocycles. The van der Waals surface area contributed by atoms with Crippen LogP contribution in [-0.2, 0) is 4.74 Å². The minimum absolute atomic E-state index is 0.390. The Morgan fingerprint density at radius 3 is 2.60 bits per heavy atom. The number of likely N-dealkylation sites (N-methyl/N-ethyl adjacent to an activating group) is 1. The average Bonchev–Trinajstić information content (AvgIpc) is 2.44. The van der Waals surface area contributed by atoms with E-state index in [1.54, 1.807) is 0 Å². The number of ether oxygens (including phenoxy) is 1. The molecule has 1 aliphatic rings. The minimum Gasteiger partial charge on any atom is -0.378 e. The van der Waals surface area contributed by atoms with Gasteiger partial charge in [-0.2, -0.15) is 0 Å². The summed E-state index contributed by atoms with van der Waals surface area (Å²) in [4.78, 5) is 2.57. The third kappa shape index (κ3) is 3.81. The van der Waals surface area contributed by atoms with Crippen molar-refractivity contribution in [2.24, 2.45) is 0 Å². The molecular formula is C17H28N2O. The number of aryl methyl sites for hydroxylation is 2. The second-order valence-electron chi connectivity index (χ2n) is 5.89. The van der Waals surface area contributed by atoms with E-state index >= 15 is 0 Å². The number of nitrogens with zero attached hydrogens (tertiary/aromatic N) is 1. The first-order valence-electron chi connectivity index (χ1n) is 7.71. The molecule has 1 aliphatic heterocycles. The molecule has 2 atom stereocenters. The number of morpholine rings is 1. The molecule has 112 valence electrons. The summed E-state index contributed by atoms with van der Waals surface area (Å²) in [5.74, 6) is 0. The molecule has 0 spiro atoms. The van der Waals surface area contributed by atoms with Gasteiger partial charge in [0.25, 0.3) is 0 Å². The van der Waals surface area contributed by atoms with Crippen LogP contribution in [0.4, 0.5) is 0 Å². The fraction of sp³-hybridized carbons (Fsp3) is 0.647. The lowest BCUT2D eigenvalue weighted by atomic mass is 10.00. The predicted octanol–water partition coefficient (Wildman–Crippen LogP) is 2.67. The van der Waals surface area contributed by atoms with Gasteiger partial charge in [0.1, 0.15) is 0 Å². The maximum atomic E-state index is 5.60. The molecule has 0 aliphatic carbocycles. The zero-order chi connectivity index (χ0) is 14.5. The Morgan fingerprint density at radius 2 is 2.00 bits per heavy atom. The van der Waals surface area contributed by atoms with Crippen LogP contribution >= 0.6 is 0 Å². The van der Waals surface area contributed by atoms with Crippen LogP contribution in [0.25, 0.3) is 0 Å². The molecule has 1 N–H and O–H groups in total. The van der Waals surface area contributed by atoms with Crippen molar-refractivity contribution in [1.82, 2.24) is 10.2 Å². The van der Waals surface area contributed by atoms with E-state index in [1.807, 2.05) is 0 Å². The molecule has 3 heteroatoms. The number of rotatable bonds is 5. The molecule has 2 unspecified atom stereocenters. The van der Waals surface area contributed by atoms with Crippen molar-refractivity contribution < 1.29 is 4.74 Å². The largest absolute Gasteiger partial charge is 0.378 e. The average molecular weight is 276 g/mol. The first kappa shape index (κ1) is 15.5. The van der Waals surface area contributed by atoms with Crippen LogP contribution < -0.4 is 5.32 Å². The number of hydrogen-bond acceptors (Lipinski definition) is 3. The highest BCUT2D eigenvalue weighted by Crippen LogP contribution is 2.20. The van der Waals surface area contributed by atoms with Gasteiger partial charge in [0.15, 0.2) is 0 Å². The third-order valence-corrected chi connectivity index (χ3v) is 4.23. The summed E-state index contributed by atoms with van der Waals surface area (Å²) >= 11 is 0. The third-order valence-electron chi connectivity index (χ3n) is 4.23. The standard InChI is InChI=1S/C17H28N2O/c1-5-16-12-20-7-6-19(16)11-17(18-4)15-9-13(2)8-14(3)10-15/h8-10,16-18H,5-7,11-12H2,1-4H3. The van der Waals surface area contributed by atoms with Gasteiger partial charge < -0.3 is 10.1 Å². The summed E-state index contributed by atoms with van der Waals surface area (Å²) in [6.07, 6.45) is 1.16. The molecule has 0 amide bonds. The van der Waals surface area contributed by atoms with Crippen LogP contribution in [0.3, 0.4) is 0 Å². The van der Waals surface area contributed by atoms with Crippen molar-refractivity contribution in [2.45, 2.75) is 39.3 Å². The molecule has 3 nitrogen and oxygen atoms in total. The summed E-state index contributed by atoms with van der Waals surface area (Å²) < 4.78 is 5.60. The minimum atomic E-state index is 0.390. The van der Waals surface area contributed by atoms with Gasteiger partial charge in [-0.15, -0.1) is 0 Å². The molecule has 0 radical (unpaired) electrons. The Kier molecular flexibility index (Phi) is 5.58. The monoisotopic (exact) mass is 276 g/mol. The van der Waals surface area contributed by atoms with Crippen LogP contribution in [0.15, 0.2) is 18.2 Å². The Morgan fingerprint density at radius 1 is 1.30 bits per heavy atom. The Bertz CT molecular complexity index is 413. The van der Waals surface area contributed by atoms with Crippen molar-refractivity contribution in [1.29, 1.82) is 0 Å². The summed E-state index contributed by atoms with van der Waals surface area (Å²) in [5, 5.41) is 3.48. The van der Waals surface area contributed by atoms with Gasteiger partial charge in [-0.25, -0.2) is 0 Å². The summed E-state index contributed by atoms with van der Waals surface area (Å²) in [7, 11) is 2.06. The molecule has 1 aromatic carbocycles. The van der Waals surface area contributed by atoms with Gasteiger partial charge in [0.05, 0.1) is 13.2 Å². The van der Waals surface area contributed by atoms with Crippen molar-refractivity contribution >= 4 is 0 Å². The van der Waals surface area contributed by atoms with Crippen molar-refractivity contribution in [2.75, 3.05) is 33.4 Å². The van der Waals surface area contributed by atoms with Gasteiger partial charge in [-0.1, -0.05) is 36.2 Å².